The first-order valence-electron chi connectivity index (χ1n) is 10.5. The average molecular weight is 521 g/mol. The normalized spacial score (nSPS) is 12.2. The molecule has 182 valence electrons. The first-order chi connectivity index (χ1) is 16.3. The standard InChI is InChI=1S/C25H20ClF3N2O3S/c1-14-3-8-19(9-4-14)35(33,34)31-24(32)17-6-10-23-21(12-17)20(15(2)30-23)11-16-5-7-18(13-22(16)26)25(27,28)29/h3-10,12-13,30H,11H2,1-2H3,(H,31,32). The van der Waals surface area contributed by atoms with E-state index in [9.17, 15) is 26.4 Å². The lowest BCUT2D eigenvalue weighted by molar-refractivity contribution is -0.137. The highest BCUT2D eigenvalue weighted by atomic mass is 35.5. The second kappa shape index (κ2) is 9.05. The molecule has 0 fully saturated rings. The molecule has 0 bridgehead atoms. The van der Waals surface area contributed by atoms with Crippen molar-refractivity contribution < 1.29 is 26.4 Å². The van der Waals surface area contributed by atoms with Gasteiger partial charge < -0.3 is 4.98 Å². The second-order valence-electron chi connectivity index (χ2n) is 8.22. The summed E-state index contributed by atoms with van der Waals surface area (Å²) < 4.78 is 66.2. The van der Waals surface area contributed by atoms with Crippen LogP contribution in [0.2, 0.25) is 5.02 Å². The fourth-order valence-corrected chi connectivity index (χ4v) is 4.99. The number of carbonyl (C=O) groups is 1. The van der Waals surface area contributed by atoms with E-state index in [1.54, 1.807) is 31.2 Å². The molecule has 0 saturated carbocycles. The van der Waals surface area contributed by atoms with Gasteiger partial charge in [-0.3, -0.25) is 4.79 Å². The van der Waals surface area contributed by atoms with E-state index >= 15 is 0 Å². The zero-order valence-electron chi connectivity index (χ0n) is 18.6. The van der Waals surface area contributed by atoms with Crippen molar-refractivity contribution in [1.82, 2.24) is 9.71 Å². The van der Waals surface area contributed by atoms with E-state index in [1.807, 2.05) is 6.92 Å². The van der Waals surface area contributed by atoms with Crippen molar-refractivity contribution >= 4 is 38.4 Å². The number of H-pyrrole nitrogens is 1. The van der Waals surface area contributed by atoms with E-state index < -0.39 is 27.7 Å². The Morgan fingerprint density at radius 3 is 2.31 bits per heavy atom. The van der Waals surface area contributed by atoms with E-state index in [0.717, 1.165) is 29.0 Å². The third-order valence-electron chi connectivity index (χ3n) is 5.69. The van der Waals surface area contributed by atoms with Crippen LogP contribution >= 0.6 is 11.6 Å². The molecule has 35 heavy (non-hydrogen) atoms. The van der Waals surface area contributed by atoms with Gasteiger partial charge >= 0.3 is 6.18 Å². The summed E-state index contributed by atoms with van der Waals surface area (Å²) >= 11 is 6.14. The van der Waals surface area contributed by atoms with E-state index in [1.165, 1.54) is 24.3 Å². The molecule has 10 heteroatoms. The molecule has 3 aromatic carbocycles. The van der Waals surface area contributed by atoms with Crippen LogP contribution in [0, 0.1) is 13.8 Å². The van der Waals surface area contributed by atoms with Crippen molar-refractivity contribution in [3.8, 4) is 0 Å². The van der Waals surface area contributed by atoms with Gasteiger partial charge in [0.25, 0.3) is 15.9 Å². The lowest BCUT2D eigenvalue weighted by Gasteiger charge is -2.11. The molecule has 0 saturated heterocycles. The molecular formula is C25H20ClF3N2O3S. The van der Waals surface area contributed by atoms with Crippen LogP contribution in [0.25, 0.3) is 10.9 Å². The number of alkyl halides is 3. The molecule has 0 spiro atoms. The molecule has 4 aromatic rings. The van der Waals surface area contributed by atoms with Gasteiger partial charge in [0.2, 0.25) is 0 Å². The molecule has 0 unspecified atom stereocenters. The number of fused-ring (bicyclic) bond motifs is 1. The number of sulfonamides is 1. The molecule has 0 aliphatic carbocycles. The number of halogens is 4. The topological polar surface area (TPSA) is 79.0 Å². The molecule has 0 radical (unpaired) electrons. The van der Waals surface area contributed by atoms with Crippen LogP contribution in [0.15, 0.2) is 65.6 Å². The highest BCUT2D eigenvalue weighted by molar-refractivity contribution is 7.90. The van der Waals surface area contributed by atoms with Gasteiger partial charge in [-0.15, -0.1) is 0 Å². The fraction of sp³-hybridized carbons (Fsp3) is 0.160. The maximum Gasteiger partial charge on any atom is 0.416 e. The Morgan fingerprint density at radius 1 is 1.00 bits per heavy atom. The summed E-state index contributed by atoms with van der Waals surface area (Å²) in [6.07, 6.45) is -4.28. The molecule has 1 heterocycles. The minimum Gasteiger partial charge on any atom is -0.358 e. The average Bonchev–Trinajstić information content (AvgIpc) is 3.08. The lowest BCUT2D eigenvalue weighted by atomic mass is 9.99. The van der Waals surface area contributed by atoms with Crippen LogP contribution in [-0.2, 0) is 22.6 Å². The first-order valence-corrected chi connectivity index (χ1v) is 12.3. The summed E-state index contributed by atoms with van der Waals surface area (Å²) in [5.74, 6) is -0.801. The number of benzene rings is 3. The summed E-state index contributed by atoms with van der Waals surface area (Å²) in [6.45, 7) is 3.62. The molecule has 1 amide bonds. The summed E-state index contributed by atoms with van der Waals surface area (Å²) in [7, 11) is -4.07. The van der Waals surface area contributed by atoms with Crippen LogP contribution < -0.4 is 4.72 Å². The van der Waals surface area contributed by atoms with Crippen LogP contribution in [0.1, 0.15) is 38.3 Å². The number of rotatable bonds is 5. The Hall–Kier alpha value is -3.30. The largest absolute Gasteiger partial charge is 0.416 e. The van der Waals surface area contributed by atoms with Crippen LogP contribution in [0.4, 0.5) is 13.2 Å². The number of nitrogens with one attached hydrogen (secondary N) is 2. The number of aryl methyl sites for hydroxylation is 2. The third-order valence-corrected chi connectivity index (χ3v) is 7.39. The van der Waals surface area contributed by atoms with Crippen molar-refractivity contribution in [2.24, 2.45) is 0 Å². The Balaban J connectivity index is 1.65. The van der Waals surface area contributed by atoms with Gasteiger partial charge in [-0.1, -0.05) is 35.4 Å². The number of aromatic nitrogens is 1. The Bertz CT molecular complexity index is 1540. The van der Waals surface area contributed by atoms with Crippen molar-refractivity contribution in [3.05, 3.63) is 99.2 Å². The second-order valence-corrected chi connectivity index (χ2v) is 10.3. The molecule has 5 nitrogen and oxygen atoms in total. The zero-order valence-corrected chi connectivity index (χ0v) is 20.2. The number of carbonyl (C=O) groups excluding carboxylic acids is 1. The van der Waals surface area contributed by atoms with E-state index in [4.69, 9.17) is 11.6 Å². The van der Waals surface area contributed by atoms with Gasteiger partial charge in [0, 0.05) is 33.6 Å². The summed E-state index contributed by atoms with van der Waals surface area (Å²) in [5, 5.41) is 0.616. The summed E-state index contributed by atoms with van der Waals surface area (Å²) in [5.41, 5.74) is 2.82. The van der Waals surface area contributed by atoms with E-state index in [2.05, 4.69) is 9.71 Å². The highest BCUT2D eigenvalue weighted by Crippen LogP contribution is 2.34. The SMILES string of the molecule is Cc1ccc(S(=O)(=O)NC(=O)c2ccc3[nH]c(C)c(Cc4ccc(C(F)(F)F)cc4Cl)c3c2)cc1. The first kappa shape index (κ1) is 24.8. The van der Waals surface area contributed by atoms with Gasteiger partial charge in [0.05, 0.1) is 10.5 Å². The quantitative estimate of drug-likeness (QED) is 0.330. The van der Waals surface area contributed by atoms with Gasteiger partial charge in [0.1, 0.15) is 0 Å². The van der Waals surface area contributed by atoms with Crippen molar-refractivity contribution in [2.45, 2.75) is 31.3 Å². The van der Waals surface area contributed by atoms with Crippen LogP contribution in [0.5, 0.6) is 0 Å². The van der Waals surface area contributed by atoms with Crippen molar-refractivity contribution in [3.63, 3.8) is 0 Å². The van der Waals surface area contributed by atoms with Crippen LogP contribution in [0.3, 0.4) is 0 Å². The number of hydrogen-bond acceptors (Lipinski definition) is 3. The van der Waals surface area contributed by atoms with Crippen molar-refractivity contribution in [1.29, 1.82) is 0 Å². The Labute approximate surface area is 205 Å². The highest BCUT2D eigenvalue weighted by Gasteiger charge is 2.31. The number of aromatic amines is 1. The van der Waals surface area contributed by atoms with E-state index in [0.29, 0.717) is 16.5 Å². The fourth-order valence-electron chi connectivity index (χ4n) is 3.77. The molecule has 4 rings (SSSR count). The molecule has 0 atom stereocenters. The predicted octanol–water partition coefficient (Wildman–Crippen LogP) is 6.17. The lowest BCUT2D eigenvalue weighted by Crippen LogP contribution is -2.30. The minimum atomic E-state index is -4.50. The Kier molecular flexibility index (Phi) is 6.42. The van der Waals surface area contributed by atoms with Crippen LogP contribution in [-0.4, -0.2) is 19.3 Å². The monoisotopic (exact) mass is 520 g/mol. The minimum absolute atomic E-state index is 0.0216. The Morgan fingerprint density at radius 2 is 1.69 bits per heavy atom. The number of hydrogen-bond donors (Lipinski definition) is 2. The van der Waals surface area contributed by atoms with Gasteiger partial charge in [-0.05, 0) is 67.4 Å². The zero-order chi connectivity index (χ0) is 25.5. The smallest absolute Gasteiger partial charge is 0.358 e. The molecular weight excluding hydrogens is 501 g/mol. The van der Waals surface area contributed by atoms with E-state index in [-0.39, 0.29) is 21.9 Å². The molecule has 1 aromatic heterocycles. The molecule has 0 aliphatic rings. The maximum absolute atomic E-state index is 13.0. The maximum atomic E-state index is 13.0. The van der Waals surface area contributed by atoms with Gasteiger partial charge in [-0.2, -0.15) is 13.2 Å². The predicted molar refractivity (Wildman–Crippen MR) is 128 cm³/mol. The third kappa shape index (κ3) is 5.21. The summed E-state index contributed by atoms with van der Waals surface area (Å²) in [4.78, 5) is 15.9. The van der Waals surface area contributed by atoms with Crippen molar-refractivity contribution in [2.75, 3.05) is 0 Å². The van der Waals surface area contributed by atoms with Gasteiger partial charge in [-0.25, -0.2) is 13.1 Å². The summed E-state index contributed by atoms with van der Waals surface area (Å²) in [6, 6.07) is 14.0. The van der Waals surface area contributed by atoms with Gasteiger partial charge in [0.15, 0.2) is 0 Å². The molecule has 0 aliphatic heterocycles. The number of amides is 1. The molecule has 2 N–H and O–H groups in total.